The third-order valence-corrected chi connectivity index (χ3v) is 4.97. The summed E-state index contributed by atoms with van der Waals surface area (Å²) in [6.45, 7) is 0. The normalized spacial score (nSPS) is 12.1. The molecule has 3 N–H and O–H groups in total. The van der Waals surface area contributed by atoms with Crippen LogP contribution in [0.4, 0.5) is 26.3 Å². The maximum atomic E-state index is 13.7. The predicted molar refractivity (Wildman–Crippen MR) is 114 cm³/mol. The molecule has 0 fully saturated rings. The number of H-pyrrole nitrogens is 2. The van der Waals surface area contributed by atoms with E-state index in [0.717, 1.165) is 0 Å². The number of aromatic amines is 2. The Kier molecular flexibility index (Phi) is 8.00. The number of carbonyl (C=O) groups excluding carboxylic acids is 2. The van der Waals surface area contributed by atoms with E-state index in [4.69, 9.17) is 15.2 Å². The summed E-state index contributed by atoms with van der Waals surface area (Å²) in [5, 5.41) is 20.0. The van der Waals surface area contributed by atoms with Crippen molar-refractivity contribution in [3.8, 4) is 17.5 Å². The number of nitrogens with zero attached hydrogens (tertiary/aromatic N) is 2. The van der Waals surface area contributed by atoms with Crippen LogP contribution >= 0.6 is 0 Å². The minimum atomic E-state index is -5.19. The number of carboxylic acids is 1. The lowest BCUT2D eigenvalue weighted by molar-refractivity contribution is -0.498. The molecule has 0 saturated heterocycles. The van der Waals surface area contributed by atoms with Crippen LogP contribution in [-0.2, 0) is 4.79 Å². The highest BCUT2D eigenvalue weighted by Gasteiger charge is 2.46. The van der Waals surface area contributed by atoms with Crippen LogP contribution in [0.2, 0.25) is 0 Å². The lowest BCUT2D eigenvalue weighted by atomic mass is 10.1. The highest BCUT2D eigenvalue weighted by atomic mass is 19.4. The van der Waals surface area contributed by atoms with Gasteiger partial charge in [0.05, 0.1) is 23.4 Å². The average molecular weight is 536 g/mol. The molecule has 1 aromatic carbocycles. The van der Waals surface area contributed by atoms with Gasteiger partial charge in [0.2, 0.25) is 17.4 Å². The summed E-state index contributed by atoms with van der Waals surface area (Å²) < 4.78 is 74.2. The molecule has 0 radical (unpaired) electrons. The molecule has 3 aromatic heterocycles. The van der Waals surface area contributed by atoms with Crippen molar-refractivity contribution in [2.75, 3.05) is 0 Å². The Balaban J connectivity index is 0.000000505. The molecule has 14 heteroatoms. The molecule has 4 aromatic rings. The second-order valence-electron chi connectivity index (χ2n) is 7.55. The molecule has 0 aliphatic rings. The number of aliphatic carboxylic acids is 1. The topological polar surface area (TPSA) is 127 Å². The summed E-state index contributed by atoms with van der Waals surface area (Å²) >= 11 is 0. The zero-order valence-corrected chi connectivity index (χ0v) is 18.9. The number of carboxylic acid groups (broad SMARTS) is 1. The minimum absolute atomic E-state index is 0.0249. The maximum absolute atomic E-state index is 13.7. The van der Waals surface area contributed by atoms with E-state index in [-0.39, 0.29) is 11.4 Å². The van der Waals surface area contributed by atoms with Gasteiger partial charge in [0.15, 0.2) is 11.7 Å². The number of nitriles is 1. The van der Waals surface area contributed by atoms with Crippen molar-refractivity contribution in [1.82, 2.24) is 10.3 Å². The lowest BCUT2D eigenvalue weighted by Gasteiger charge is -2.17. The van der Waals surface area contributed by atoms with Crippen LogP contribution in [0, 0.1) is 11.3 Å². The number of halogens is 6. The molecule has 3 heterocycles. The van der Waals surface area contributed by atoms with Crippen molar-refractivity contribution in [3.05, 3.63) is 90.0 Å². The number of alkyl halides is 6. The fourth-order valence-electron chi connectivity index (χ4n) is 3.33. The van der Waals surface area contributed by atoms with Gasteiger partial charge < -0.3 is 15.2 Å². The maximum Gasteiger partial charge on any atom is 0.430 e. The summed E-state index contributed by atoms with van der Waals surface area (Å²) in [6.07, 6.45) is -6.85. The zero-order chi connectivity index (χ0) is 28.1. The molecular formula is C24H16F6N5O3+. The van der Waals surface area contributed by atoms with Crippen molar-refractivity contribution < 1.29 is 50.4 Å². The molecule has 1 atom stereocenters. The van der Waals surface area contributed by atoms with Crippen molar-refractivity contribution in [1.29, 1.82) is 5.26 Å². The average Bonchev–Trinajstić information content (AvgIpc) is 3.27. The number of imidazole rings is 1. The van der Waals surface area contributed by atoms with E-state index < -0.39 is 30.3 Å². The number of benzene rings is 1. The number of pyridine rings is 2. The number of hydrogen-bond acceptors (Lipinski definition) is 4. The molecule has 0 spiro atoms. The third-order valence-electron chi connectivity index (χ3n) is 4.97. The predicted octanol–water partition coefficient (Wildman–Crippen LogP) is 2.44. The van der Waals surface area contributed by atoms with Crippen LogP contribution < -0.4 is 19.8 Å². The Morgan fingerprint density at radius 1 is 1.03 bits per heavy atom. The number of aromatic nitrogens is 3. The molecule has 0 saturated carbocycles. The number of fused-ring (bicyclic) bond motifs is 1. The van der Waals surface area contributed by atoms with Gasteiger partial charge in [0.1, 0.15) is 5.97 Å². The first-order chi connectivity index (χ1) is 17.8. The van der Waals surface area contributed by atoms with Crippen molar-refractivity contribution in [2.45, 2.75) is 18.4 Å². The van der Waals surface area contributed by atoms with E-state index in [1.807, 2.05) is 6.07 Å². The monoisotopic (exact) mass is 536 g/mol. The molecule has 0 aliphatic heterocycles. The van der Waals surface area contributed by atoms with Crippen LogP contribution in [0.1, 0.15) is 27.8 Å². The summed E-state index contributed by atoms with van der Waals surface area (Å²) in [7, 11) is 0. The van der Waals surface area contributed by atoms with E-state index in [9.17, 15) is 31.1 Å². The number of nitrogens with one attached hydrogen (secondary N) is 3. The fourth-order valence-corrected chi connectivity index (χ4v) is 3.33. The zero-order valence-electron chi connectivity index (χ0n) is 18.9. The molecule has 196 valence electrons. The number of amides is 1. The lowest BCUT2D eigenvalue weighted by Crippen LogP contribution is -2.41. The molecule has 8 nitrogen and oxygen atoms in total. The molecular weight excluding hydrogens is 520 g/mol. The van der Waals surface area contributed by atoms with Crippen LogP contribution in [0.25, 0.3) is 16.9 Å². The van der Waals surface area contributed by atoms with Gasteiger partial charge in [-0.2, -0.15) is 36.0 Å². The first-order valence-electron chi connectivity index (χ1n) is 10.5. The van der Waals surface area contributed by atoms with Crippen LogP contribution in [0.3, 0.4) is 0 Å². The largest absolute Gasteiger partial charge is 0.542 e. The highest BCUT2D eigenvalue weighted by molar-refractivity contribution is 5.98. The van der Waals surface area contributed by atoms with Crippen LogP contribution in [-0.4, -0.2) is 29.2 Å². The summed E-state index contributed by atoms with van der Waals surface area (Å²) in [5.41, 5.74) is 1.22. The van der Waals surface area contributed by atoms with E-state index in [0.29, 0.717) is 22.5 Å². The van der Waals surface area contributed by atoms with Gasteiger partial charge in [0.25, 0.3) is 11.7 Å². The van der Waals surface area contributed by atoms with Gasteiger partial charge in [0, 0.05) is 12.1 Å². The number of carbonyl (C=O) groups is 2. The first kappa shape index (κ1) is 27.7. The Bertz CT molecular complexity index is 1490. The Morgan fingerprint density at radius 3 is 2.29 bits per heavy atom. The minimum Gasteiger partial charge on any atom is -0.542 e. The van der Waals surface area contributed by atoms with E-state index in [1.165, 1.54) is 18.3 Å². The molecule has 4 rings (SSSR count). The van der Waals surface area contributed by atoms with Crippen molar-refractivity contribution in [2.24, 2.45) is 0 Å². The van der Waals surface area contributed by atoms with E-state index in [2.05, 4.69) is 15.3 Å². The fraction of sp³-hybridized carbons (Fsp3) is 0.125. The Hall–Kier alpha value is -4.93. The van der Waals surface area contributed by atoms with Crippen molar-refractivity contribution >= 4 is 17.4 Å². The van der Waals surface area contributed by atoms with Gasteiger partial charge in [-0.1, -0.05) is 18.2 Å². The number of hydrogen-bond donors (Lipinski definition) is 2. The Labute approximate surface area is 209 Å². The van der Waals surface area contributed by atoms with Crippen LogP contribution in [0.15, 0.2) is 73.1 Å². The summed E-state index contributed by atoms with van der Waals surface area (Å²) in [5.74, 6) is -3.45. The van der Waals surface area contributed by atoms with Gasteiger partial charge in [-0.3, -0.25) is 4.79 Å². The highest BCUT2D eigenvalue weighted by Crippen LogP contribution is 2.31. The van der Waals surface area contributed by atoms with Gasteiger partial charge in [-0.05, 0) is 30.3 Å². The molecule has 1 amide bonds. The van der Waals surface area contributed by atoms with E-state index in [1.54, 1.807) is 59.1 Å². The smallest absolute Gasteiger partial charge is 0.430 e. The quantitative estimate of drug-likeness (QED) is 0.307. The Morgan fingerprint density at radius 2 is 1.71 bits per heavy atom. The van der Waals surface area contributed by atoms with Gasteiger partial charge in [-0.25, -0.2) is 9.97 Å². The molecule has 0 bridgehead atoms. The van der Waals surface area contributed by atoms with Crippen LogP contribution in [0.5, 0.6) is 0 Å². The van der Waals surface area contributed by atoms with Gasteiger partial charge >= 0.3 is 12.4 Å². The SMILES string of the molecule is N#Cc1cccc(-c2[nH]c(C(=O)NC(c3cccc[nH+]3)C(F)(F)F)c3cccc[n+]23)c1.O=C([O-])C(F)(F)F. The molecule has 38 heavy (non-hydrogen) atoms. The second kappa shape index (κ2) is 11.0. The summed E-state index contributed by atoms with van der Waals surface area (Å²) in [4.78, 5) is 27.2. The molecule has 0 aliphatic carbocycles. The second-order valence-corrected chi connectivity index (χ2v) is 7.55. The molecule has 1 unspecified atom stereocenters. The third kappa shape index (κ3) is 6.44. The van der Waals surface area contributed by atoms with Crippen molar-refractivity contribution in [3.63, 3.8) is 0 Å². The first-order valence-corrected chi connectivity index (χ1v) is 10.5. The summed E-state index contributed by atoms with van der Waals surface area (Å²) in [6, 6.07) is 15.8. The van der Waals surface area contributed by atoms with E-state index >= 15 is 0 Å². The standard InChI is InChI=1S/C22H14F3N5O.C2HF3O2/c23-22(24,25)19(16-8-1-3-10-27-16)29-21(31)18-17-9-2-4-11-30(17)20(28-18)15-7-5-6-14(12-15)13-26;3-2(4,5)1(6)7/h1-12,19H,(H,29,31);(H,6,7)/p+1. The van der Waals surface area contributed by atoms with Gasteiger partial charge in [-0.15, -0.1) is 0 Å². The number of rotatable bonds is 4.